The molecule has 0 unspecified atom stereocenters. The van der Waals surface area contributed by atoms with Gasteiger partial charge < -0.3 is 15.3 Å². The zero-order chi connectivity index (χ0) is 18.0. The molecule has 0 aromatic rings. The SMILES string of the molecule is C=C[C@](C)(O)C[C@@H](O)/C=C(\C)C[C@H](O)/C=C(\C)CCC=C(C)C. The maximum absolute atomic E-state index is 10.1. The van der Waals surface area contributed by atoms with Gasteiger partial charge in [0.15, 0.2) is 0 Å². The van der Waals surface area contributed by atoms with E-state index in [1.54, 1.807) is 13.0 Å². The smallest absolute Gasteiger partial charge is 0.0824 e. The summed E-state index contributed by atoms with van der Waals surface area (Å²) in [7, 11) is 0. The zero-order valence-corrected chi connectivity index (χ0v) is 15.3. The lowest BCUT2D eigenvalue weighted by Crippen LogP contribution is -2.26. The van der Waals surface area contributed by atoms with Crippen LogP contribution < -0.4 is 0 Å². The van der Waals surface area contributed by atoms with E-state index in [0.717, 1.165) is 24.0 Å². The molecule has 0 spiro atoms. The van der Waals surface area contributed by atoms with Crippen LogP contribution in [0, 0.1) is 0 Å². The Morgan fingerprint density at radius 2 is 1.61 bits per heavy atom. The molecule has 0 amide bonds. The molecule has 0 rings (SSSR count). The van der Waals surface area contributed by atoms with E-state index in [4.69, 9.17) is 0 Å². The second-order valence-electron chi connectivity index (χ2n) is 6.95. The molecule has 0 saturated carbocycles. The second-order valence-corrected chi connectivity index (χ2v) is 6.95. The Kier molecular flexibility index (Phi) is 10.1. The molecular weight excluding hydrogens is 288 g/mol. The van der Waals surface area contributed by atoms with Crippen LogP contribution in [0.15, 0.2) is 47.6 Å². The third-order valence-corrected chi connectivity index (χ3v) is 3.64. The molecule has 0 aromatic carbocycles. The maximum Gasteiger partial charge on any atom is 0.0824 e. The molecular formula is C20H34O3. The van der Waals surface area contributed by atoms with Crippen LogP contribution in [-0.2, 0) is 0 Å². The number of hydrogen-bond acceptors (Lipinski definition) is 3. The topological polar surface area (TPSA) is 60.7 Å². The van der Waals surface area contributed by atoms with Crippen molar-refractivity contribution in [3.8, 4) is 0 Å². The van der Waals surface area contributed by atoms with Crippen molar-refractivity contribution < 1.29 is 15.3 Å². The first-order chi connectivity index (χ1) is 10.6. The summed E-state index contributed by atoms with van der Waals surface area (Å²) >= 11 is 0. The molecule has 3 N–H and O–H groups in total. The lowest BCUT2D eigenvalue weighted by Gasteiger charge is -2.21. The van der Waals surface area contributed by atoms with E-state index in [1.807, 2.05) is 19.9 Å². The molecule has 0 aliphatic carbocycles. The van der Waals surface area contributed by atoms with E-state index in [-0.39, 0.29) is 6.42 Å². The Balaban J connectivity index is 4.47. The lowest BCUT2D eigenvalue weighted by molar-refractivity contribution is 0.0573. The summed E-state index contributed by atoms with van der Waals surface area (Å²) in [5, 5.41) is 29.9. The first-order valence-electron chi connectivity index (χ1n) is 8.26. The summed E-state index contributed by atoms with van der Waals surface area (Å²) in [5.74, 6) is 0. The third-order valence-electron chi connectivity index (χ3n) is 3.64. The molecule has 3 heteroatoms. The Labute approximate surface area is 141 Å². The summed E-state index contributed by atoms with van der Waals surface area (Å²) in [4.78, 5) is 0. The predicted molar refractivity (Wildman–Crippen MR) is 98.2 cm³/mol. The summed E-state index contributed by atoms with van der Waals surface area (Å²) < 4.78 is 0. The minimum atomic E-state index is -1.09. The molecule has 132 valence electrons. The Hall–Kier alpha value is -1.16. The molecule has 0 fully saturated rings. The van der Waals surface area contributed by atoms with Crippen LogP contribution in [0.2, 0.25) is 0 Å². The van der Waals surface area contributed by atoms with Gasteiger partial charge in [0, 0.05) is 6.42 Å². The minimum Gasteiger partial charge on any atom is -0.389 e. The molecule has 0 aliphatic rings. The van der Waals surface area contributed by atoms with Gasteiger partial charge in [-0.15, -0.1) is 6.58 Å². The van der Waals surface area contributed by atoms with Crippen molar-refractivity contribution in [2.45, 2.75) is 78.1 Å². The highest BCUT2D eigenvalue weighted by atomic mass is 16.3. The van der Waals surface area contributed by atoms with E-state index in [9.17, 15) is 15.3 Å². The van der Waals surface area contributed by atoms with Crippen molar-refractivity contribution in [2.24, 2.45) is 0 Å². The molecule has 3 nitrogen and oxygen atoms in total. The number of hydrogen-bond donors (Lipinski definition) is 3. The number of aliphatic hydroxyl groups is 3. The molecule has 0 saturated heterocycles. The fourth-order valence-electron chi connectivity index (χ4n) is 2.35. The zero-order valence-electron chi connectivity index (χ0n) is 15.3. The first-order valence-corrected chi connectivity index (χ1v) is 8.26. The van der Waals surface area contributed by atoms with Gasteiger partial charge in [-0.3, -0.25) is 0 Å². The Morgan fingerprint density at radius 3 is 2.13 bits per heavy atom. The van der Waals surface area contributed by atoms with Crippen LogP contribution in [-0.4, -0.2) is 33.1 Å². The van der Waals surface area contributed by atoms with Gasteiger partial charge in [0.25, 0.3) is 0 Å². The van der Waals surface area contributed by atoms with Gasteiger partial charge in [0.05, 0.1) is 17.8 Å². The molecule has 0 aliphatic heterocycles. The maximum atomic E-state index is 10.1. The monoisotopic (exact) mass is 322 g/mol. The summed E-state index contributed by atoms with van der Waals surface area (Å²) in [6, 6.07) is 0. The van der Waals surface area contributed by atoms with Crippen LogP contribution in [0.4, 0.5) is 0 Å². The fourth-order valence-corrected chi connectivity index (χ4v) is 2.35. The second kappa shape index (κ2) is 10.6. The summed E-state index contributed by atoms with van der Waals surface area (Å²) in [6.45, 7) is 13.2. The van der Waals surface area contributed by atoms with E-state index in [2.05, 4.69) is 26.5 Å². The quantitative estimate of drug-likeness (QED) is 0.531. The normalized spacial score (nSPS) is 18.1. The van der Waals surface area contributed by atoms with Crippen molar-refractivity contribution in [1.82, 2.24) is 0 Å². The summed E-state index contributed by atoms with van der Waals surface area (Å²) in [6.07, 6.45) is 8.48. The molecule has 0 radical (unpaired) electrons. The van der Waals surface area contributed by atoms with E-state index in [1.165, 1.54) is 11.6 Å². The third kappa shape index (κ3) is 12.0. The van der Waals surface area contributed by atoms with Crippen LogP contribution in [0.5, 0.6) is 0 Å². The Morgan fingerprint density at radius 1 is 1.04 bits per heavy atom. The molecule has 0 bridgehead atoms. The van der Waals surface area contributed by atoms with E-state index < -0.39 is 17.8 Å². The average molecular weight is 322 g/mol. The van der Waals surface area contributed by atoms with Crippen molar-refractivity contribution in [2.75, 3.05) is 0 Å². The van der Waals surface area contributed by atoms with Crippen LogP contribution in [0.25, 0.3) is 0 Å². The van der Waals surface area contributed by atoms with Crippen LogP contribution >= 0.6 is 0 Å². The standard InChI is InChI=1S/C20H34O3/c1-7-20(6,23)14-19(22)13-17(5)12-18(21)11-16(4)10-8-9-15(2)3/h7,9,11,13,18-19,21-23H,1,8,10,12,14H2,2-6H3/b16-11+,17-13+/t18-,19+,20+/m1/s1. The molecule has 23 heavy (non-hydrogen) atoms. The molecule has 0 aromatic heterocycles. The lowest BCUT2D eigenvalue weighted by atomic mass is 9.96. The first kappa shape index (κ1) is 21.8. The van der Waals surface area contributed by atoms with Crippen molar-refractivity contribution in [3.63, 3.8) is 0 Å². The average Bonchev–Trinajstić information content (AvgIpc) is 2.36. The van der Waals surface area contributed by atoms with Crippen molar-refractivity contribution in [3.05, 3.63) is 47.6 Å². The predicted octanol–water partition coefficient (Wildman–Crippen LogP) is 4.06. The number of rotatable bonds is 10. The van der Waals surface area contributed by atoms with Gasteiger partial charge >= 0.3 is 0 Å². The number of allylic oxidation sites excluding steroid dienone is 3. The van der Waals surface area contributed by atoms with Crippen LogP contribution in [0.3, 0.4) is 0 Å². The van der Waals surface area contributed by atoms with Gasteiger partial charge in [-0.25, -0.2) is 0 Å². The van der Waals surface area contributed by atoms with Gasteiger partial charge in [-0.1, -0.05) is 41.0 Å². The van der Waals surface area contributed by atoms with Gasteiger partial charge in [-0.05, 0) is 53.9 Å². The highest BCUT2D eigenvalue weighted by molar-refractivity contribution is 5.11. The van der Waals surface area contributed by atoms with Gasteiger partial charge in [0.2, 0.25) is 0 Å². The Bertz CT molecular complexity index is 452. The van der Waals surface area contributed by atoms with Gasteiger partial charge in [-0.2, -0.15) is 0 Å². The minimum absolute atomic E-state index is 0.196. The van der Waals surface area contributed by atoms with Gasteiger partial charge in [0.1, 0.15) is 0 Å². The largest absolute Gasteiger partial charge is 0.389 e. The van der Waals surface area contributed by atoms with Crippen molar-refractivity contribution >= 4 is 0 Å². The van der Waals surface area contributed by atoms with E-state index in [0.29, 0.717) is 6.42 Å². The summed E-state index contributed by atoms with van der Waals surface area (Å²) in [5.41, 5.74) is 2.29. The van der Waals surface area contributed by atoms with Crippen molar-refractivity contribution in [1.29, 1.82) is 0 Å². The molecule has 3 atom stereocenters. The highest BCUT2D eigenvalue weighted by Gasteiger charge is 2.19. The highest BCUT2D eigenvalue weighted by Crippen LogP contribution is 2.17. The van der Waals surface area contributed by atoms with E-state index >= 15 is 0 Å². The molecule has 0 heterocycles. The fraction of sp³-hybridized carbons (Fsp3) is 0.600. The number of aliphatic hydroxyl groups excluding tert-OH is 2. The van der Waals surface area contributed by atoms with Crippen LogP contribution in [0.1, 0.15) is 60.3 Å².